The van der Waals surface area contributed by atoms with E-state index in [0.717, 1.165) is 17.7 Å². The third-order valence-electron chi connectivity index (χ3n) is 4.47. The summed E-state index contributed by atoms with van der Waals surface area (Å²) in [7, 11) is -3.77. The van der Waals surface area contributed by atoms with Crippen molar-refractivity contribution in [2.45, 2.75) is 41.9 Å². The summed E-state index contributed by atoms with van der Waals surface area (Å²) in [4.78, 5) is 14.0. The van der Waals surface area contributed by atoms with Crippen molar-refractivity contribution in [3.05, 3.63) is 51.7 Å². The Morgan fingerprint density at radius 3 is 2.42 bits per heavy atom. The first-order chi connectivity index (χ1) is 11.5. The zero-order chi connectivity index (χ0) is 17.2. The summed E-state index contributed by atoms with van der Waals surface area (Å²) in [6.45, 7) is 0.356. The Bertz CT molecular complexity index is 808. The van der Waals surface area contributed by atoms with Gasteiger partial charge in [-0.05, 0) is 48.6 Å². The van der Waals surface area contributed by atoms with Crippen molar-refractivity contribution in [3.8, 4) is 0 Å². The van der Waals surface area contributed by atoms with Gasteiger partial charge in [-0.3, -0.25) is 4.79 Å². The zero-order valence-electron chi connectivity index (χ0n) is 13.0. The van der Waals surface area contributed by atoms with Gasteiger partial charge in [0, 0.05) is 9.90 Å². The predicted octanol–water partition coefficient (Wildman–Crippen LogP) is 3.80. The van der Waals surface area contributed by atoms with Gasteiger partial charge in [0.2, 0.25) is 5.91 Å². The smallest absolute Gasteiger partial charge is 0.242 e. The lowest BCUT2D eigenvalue weighted by Gasteiger charge is -2.27. The largest absolute Gasteiger partial charge is 0.350 e. The lowest BCUT2D eigenvalue weighted by atomic mass is 10.1. The van der Waals surface area contributed by atoms with Gasteiger partial charge in [-0.15, -0.1) is 11.3 Å². The highest BCUT2D eigenvalue weighted by Gasteiger charge is 2.52. The van der Waals surface area contributed by atoms with E-state index in [0.29, 0.717) is 24.4 Å². The van der Waals surface area contributed by atoms with Crippen LogP contribution in [-0.4, -0.2) is 19.1 Å². The number of benzene rings is 1. The fourth-order valence-electron chi connectivity index (χ4n) is 3.14. The average Bonchev–Trinajstić information content (AvgIpc) is 3.25. The molecule has 2 aromatic rings. The van der Waals surface area contributed by atoms with Crippen LogP contribution in [0.15, 0.2) is 46.7 Å². The number of amides is 1. The molecule has 1 aromatic heterocycles. The number of carbonyl (C=O) groups excluding carboxylic acids is 1. The summed E-state index contributed by atoms with van der Waals surface area (Å²) < 4.78 is 25.0. The van der Waals surface area contributed by atoms with E-state index >= 15 is 0 Å². The molecule has 0 bridgehead atoms. The van der Waals surface area contributed by atoms with Crippen LogP contribution in [0.1, 0.15) is 30.6 Å². The van der Waals surface area contributed by atoms with Gasteiger partial charge in [-0.25, -0.2) is 8.42 Å². The Morgan fingerprint density at radius 2 is 1.83 bits per heavy atom. The van der Waals surface area contributed by atoms with Crippen LogP contribution in [0.25, 0.3) is 0 Å². The fourth-order valence-corrected chi connectivity index (χ4v) is 6.00. The normalized spacial score (nSPS) is 16.9. The van der Waals surface area contributed by atoms with Crippen molar-refractivity contribution in [1.82, 2.24) is 5.32 Å². The molecule has 1 aromatic carbocycles. The molecule has 24 heavy (non-hydrogen) atoms. The topological polar surface area (TPSA) is 63.2 Å². The van der Waals surface area contributed by atoms with Crippen LogP contribution in [0.5, 0.6) is 0 Å². The second kappa shape index (κ2) is 6.86. The minimum Gasteiger partial charge on any atom is -0.350 e. The van der Waals surface area contributed by atoms with Crippen molar-refractivity contribution in [1.29, 1.82) is 0 Å². The van der Waals surface area contributed by atoms with E-state index in [1.807, 2.05) is 17.5 Å². The summed E-state index contributed by atoms with van der Waals surface area (Å²) in [6, 6.07) is 9.86. The molecule has 0 radical (unpaired) electrons. The zero-order valence-corrected chi connectivity index (χ0v) is 15.4. The molecule has 0 unspecified atom stereocenters. The molecule has 1 amide bonds. The fraction of sp³-hybridized carbons (Fsp3) is 0.353. The molecule has 1 N–H and O–H groups in total. The summed E-state index contributed by atoms with van der Waals surface area (Å²) >= 11 is 7.39. The average molecular weight is 384 g/mol. The van der Waals surface area contributed by atoms with E-state index in [2.05, 4.69) is 5.32 Å². The number of hydrogen-bond donors (Lipinski definition) is 1. The van der Waals surface area contributed by atoms with Gasteiger partial charge < -0.3 is 5.32 Å². The van der Waals surface area contributed by atoms with Gasteiger partial charge in [0.05, 0.1) is 11.4 Å². The highest BCUT2D eigenvalue weighted by Crippen LogP contribution is 2.41. The molecule has 3 rings (SSSR count). The summed E-state index contributed by atoms with van der Waals surface area (Å²) in [5, 5.41) is 5.22. The van der Waals surface area contributed by atoms with E-state index in [4.69, 9.17) is 11.6 Å². The number of halogens is 1. The SMILES string of the molecule is O=C(NCc1cccs1)C1(S(=O)(=O)c2ccc(Cl)cc2)CCCC1. The maximum atomic E-state index is 13.2. The van der Waals surface area contributed by atoms with Gasteiger partial charge in [0.1, 0.15) is 0 Å². The highest BCUT2D eigenvalue weighted by atomic mass is 35.5. The quantitative estimate of drug-likeness (QED) is 0.853. The first-order valence-electron chi connectivity index (χ1n) is 7.77. The van der Waals surface area contributed by atoms with E-state index in [1.54, 1.807) is 12.1 Å². The molecular formula is C17H18ClNO3S2. The highest BCUT2D eigenvalue weighted by molar-refractivity contribution is 7.93. The molecule has 1 heterocycles. The molecule has 1 aliphatic carbocycles. The van der Waals surface area contributed by atoms with Crippen molar-refractivity contribution in [2.75, 3.05) is 0 Å². The van der Waals surface area contributed by atoms with Crippen LogP contribution in [0.4, 0.5) is 0 Å². The number of hydrogen-bond acceptors (Lipinski definition) is 4. The van der Waals surface area contributed by atoms with Crippen LogP contribution < -0.4 is 5.32 Å². The van der Waals surface area contributed by atoms with E-state index in [-0.39, 0.29) is 4.90 Å². The van der Waals surface area contributed by atoms with Crippen LogP contribution in [0, 0.1) is 0 Å². The molecule has 1 fully saturated rings. The van der Waals surface area contributed by atoms with Crippen LogP contribution in [-0.2, 0) is 21.2 Å². The monoisotopic (exact) mass is 383 g/mol. The Morgan fingerprint density at radius 1 is 1.17 bits per heavy atom. The van der Waals surface area contributed by atoms with Crippen LogP contribution >= 0.6 is 22.9 Å². The van der Waals surface area contributed by atoms with Crippen LogP contribution in [0.3, 0.4) is 0 Å². The molecule has 1 aliphatic rings. The molecular weight excluding hydrogens is 366 g/mol. The van der Waals surface area contributed by atoms with E-state index < -0.39 is 20.5 Å². The van der Waals surface area contributed by atoms with Crippen LogP contribution in [0.2, 0.25) is 5.02 Å². The number of nitrogens with one attached hydrogen (secondary N) is 1. The lowest BCUT2D eigenvalue weighted by molar-refractivity contribution is -0.123. The lowest BCUT2D eigenvalue weighted by Crippen LogP contribution is -2.50. The Balaban J connectivity index is 1.89. The molecule has 1 saturated carbocycles. The van der Waals surface area contributed by atoms with Crippen molar-refractivity contribution < 1.29 is 13.2 Å². The maximum Gasteiger partial charge on any atom is 0.242 e. The third-order valence-corrected chi connectivity index (χ3v) is 8.11. The Kier molecular flexibility index (Phi) is 4.99. The Hall–Kier alpha value is -1.37. The first kappa shape index (κ1) is 17.5. The van der Waals surface area contributed by atoms with Crippen molar-refractivity contribution in [3.63, 3.8) is 0 Å². The summed E-state index contributed by atoms with van der Waals surface area (Å²) in [6.07, 6.45) is 2.18. The molecule has 0 atom stereocenters. The molecule has 0 aliphatic heterocycles. The van der Waals surface area contributed by atoms with E-state index in [1.165, 1.54) is 23.5 Å². The minimum absolute atomic E-state index is 0.153. The second-order valence-electron chi connectivity index (χ2n) is 5.92. The second-order valence-corrected chi connectivity index (χ2v) is 9.65. The Labute approximate surface area is 150 Å². The third kappa shape index (κ3) is 3.10. The van der Waals surface area contributed by atoms with Crippen molar-refractivity contribution in [2.24, 2.45) is 0 Å². The van der Waals surface area contributed by atoms with Crippen molar-refractivity contribution >= 4 is 38.7 Å². The molecule has 7 heteroatoms. The summed E-state index contributed by atoms with van der Waals surface area (Å²) in [5.74, 6) is -0.400. The maximum absolute atomic E-state index is 13.2. The van der Waals surface area contributed by atoms with Gasteiger partial charge in [0.25, 0.3) is 0 Å². The number of carbonyl (C=O) groups is 1. The van der Waals surface area contributed by atoms with E-state index in [9.17, 15) is 13.2 Å². The molecule has 0 saturated heterocycles. The number of thiophene rings is 1. The van der Waals surface area contributed by atoms with Gasteiger partial charge in [0.15, 0.2) is 14.6 Å². The summed E-state index contributed by atoms with van der Waals surface area (Å²) in [5.41, 5.74) is 0. The minimum atomic E-state index is -3.77. The number of rotatable bonds is 5. The predicted molar refractivity (Wildman–Crippen MR) is 96.0 cm³/mol. The molecule has 128 valence electrons. The van der Waals surface area contributed by atoms with Gasteiger partial charge >= 0.3 is 0 Å². The molecule has 0 spiro atoms. The standard InChI is InChI=1S/C17H18ClNO3S2/c18-13-5-7-15(8-6-13)24(21,22)17(9-1-2-10-17)16(20)19-12-14-4-3-11-23-14/h3-8,11H,1-2,9-10,12H2,(H,19,20). The van der Waals surface area contributed by atoms with Gasteiger partial charge in [-0.2, -0.15) is 0 Å². The number of sulfone groups is 1. The molecule has 4 nitrogen and oxygen atoms in total. The van der Waals surface area contributed by atoms with Gasteiger partial charge in [-0.1, -0.05) is 30.5 Å². The first-order valence-corrected chi connectivity index (χ1v) is 10.5.